The minimum Gasteiger partial charge on any atom is -0.491 e. The van der Waals surface area contributed by atoms with E-state index in [1.165, 1.54) is 44.8 Å². The van der Waals surface area contributed by atoms with Gasteiger partial charge in [0.1, 0.15) is 11.6 Å². The quantitative estimate of drug-likeness (QED) is 0.501. The third kappa shape index (κ3) is 5.09. The Morgan fingerprint density at radius 2 is 2.06 bits per heavy atom. The summed E-state index contributed by atoms with van der Waals surface area (Å²) in [5, 5.41) is 4.65. The molecule has 3 atom stereocenters. The zero-order chi connectivity index (χ0) is 23.4. The number of carbonyl (C=O) groups is 1. The summed E-state index contributed by atoms with van der Waals surface area (Å²) in [6.07, 6.45) is 8.38. The molecule has 1 fully saturated rings. The number of carbonyl (C=O) groups excluding carboxylic acids is 1. The number of nitrogens with one attached hydrogen (secondary N) is 1. The molecule has 0 spiro atoms. The molecule has 3 N–H and O–H groups in total. The standard InChI is InChI=1S/C24H31N5O3S/c1-4-14(15-7-5-6-8-17(15)25)11-21-26-12-19-22(27-21)16(13-33-19)23(30)28-20-10-9-18(31-2)24(29-20)32-3/h9-10,12-15,17H,4-8,11,25H2,1-3H3,(H,28,29,30). The van der Waals surface area contributed by atoms with Gasteiger partial charge in [-0.3, -0.25) is 4.79 Å². The van der Waals surface area contributed by atoms with E-state index in [9.17, 15) is 4.79 Å². The number of hydrogen-bond acceptors (Lipinski definition) is 8. The number of pyridine rings is 1. The van der Waals surface area contributed by atoms with E-state index in [1.54, 1.807) is 12.1 Å². The van der Waals surface area contributed by atoms with Gasteiger partial charge >= 0.3 is 0 Å². The van der Waals surface area contributed by atoms with Gasteiger partial charge in [0.25, 0.3) is 11.8 Å². The zero-order valence-corrected chi connectivity index (χ0v) is 20.2. The maximum absolute atomic E-state index is 13.0. The second-order valence-electron chi connectivity index (χ2n) is 8.50. The largest absolute Gasteiger partial charge is 0.491 e. The number of fused-ring (bicyclic) bond motifs is 1. The highest BCUT2D eigenvalue weighted by atomic mass is 32.1. The number of nitrogens with two attached hydrogens (primary N) is 1. The van der Waals surface area contributed by atoms with Gasteiger partial charge in [-0.05, 0) is 36.8 Å². The lowest BCUT2D eigenvalue weighted by molar-refractivity contribution is 0.102. The Hall–Kier alpha value is -2.78. The van der Waals surface area contributed by atoms with Crippen LogP contribution in [-0.2, 0) is 6.42 Å². The minimum atomic E-state index is -0.271. The molecule has 3 aromatic rings. The Labute approximate surface area is 197 Å². The van der Waals surface area contributed by atoms with Crippen LogP contribution in [0.1, 0.15) is 55.2 Å². The maximum atomic E-state index is 13.0. The van der Waals surface area contributed by atoms with Crippen molar-refractivity contribution in [3.05, 3.63) is 35.1 Å². The molecule has 1 aliphatic rings. The van der Waals surface area contributed by atoms with Gasteiger partial charge in [0.05, 0.1) is 30.0 Å². The van der Waals surface area contributed by atoms with Gasteiger partial charge < -0.3 is 20.5 Å². The fraction of sp³-hybridized carbons (Fsp3) is 0.500. The van der Waals surface area contributed by atoms with Crippen LogP contribution < -0.4 is 20.5 Å². The minimum absolute atomic E-state index is 0.254. The number of amides is 1. The molecule has 8 nitrogen and oxygen atoms in total. The second-order valence-corrected chi connectivity index (χ2v) is 9.41. The van der Waals surface area contributed by atoms with Crippen LogP contribution in [0.3, 0.4) is 0 Å². The molecule has 1 aliphatic carbocycles. The predicted molar refractivity (Wildman–Crippen MR) is 130 cm³/mol. The van der Waals surface area contributed by atoms with Gasteiger partial charge in [-0.2, -0.15) is 4.98 Å². The zero-order valence-electron chi connectivity index (χ0n) is 19.3. The summed E-state index contributed by atoms with van der Waals surface area (Å²) in [4.78, 5) is 26.7. The molecular formula is C24H31N5O3S. The number of hydrogen-bond donors (Lipinski definition) is 2. The number of aromatic nitrogens is 3. The van der Waals surface area contributed by atoms with Crippen LogP contribution in [0.4, 0.5) is 5.82 Å². The van der Waals surface area contributed by atoms with Crippen LogP contribution in [-0.4, -0.2) is 41.1 Å². The van der Waals surface area contributed by atoms with Crippen LogP contribution in [0.25, 0.3) is 10.2 Å². The van der Waals surface area contributed by atoms with Crippen molar-refractivity contribution in [2.45, 2.75) is 51.5 Å². The monoisotopic (exact) mass is 469 g/mol. The van der Waals surface area contributed by atoms with Crippen LogP contribution in [0.2, 0.25) is 0 Å². The van der Waals surface area contributed by atoms with Crippen molar-refractivity contribution in [1.29, 1.82) is 0 Å². The lowest BCUT2D eigenvalue weighted by Gasteiger charge is -2.34. The van der Waals surface area contributed by atoms with E-state index in [1.807, 2.05) is 11.6 Å². The predicted octanol–water partition coefficient (Wildman–Crippen LogP) is 4.44. The van der Waals surface area contributed by atoms with Crippen LogP contribution in [0.15, 0.2) is 23.7 Å². The molecule has 3 heterocycles. The van der Waals surface area contributed by atoms with Gasteiger partial charge in [-0.1, -0.05) is 26.2 Å². The molecule has 176 valence electrons. The van der Waals surface area contributed by atoms with Crippen LogP contribution >= 0.6 is 11.3 Å². The van der Waals surface area contributed by atoms with Crippen molar-refractivity contribution in [3.63, 3.8) is 0 Å². The summed E-state index contributed by atoms with van der Waals surface area (Å²) in [6, 6.07) is 3.63. The van der Waals surface area contributed by atoms with E-state index in [0.29, 0.717) is 40.4 Å². The van der Waals surface area contributed by atoms with Crippen molar-refractivity contribution >= 4 is 33.3 Å². The highest BCUT2D eigenvalue weighted by Gasteiger charge is 2.29. The van der Waals surface area contributed by atoms with Crippen molar-refractivity contribution in [2.75, 3.05) is 19.5 Å². The van der Waals surface area contributed by atoms with Gasteiger partial charge in [0, 0.05) is 24.0 Å². The van der Waals surface area contributed by atoms with Gasteiger partial charge in [0.2, 0.25) is 0 Å². The van der Waals surface area contributed by atoms with E-state index < -0.39 is 0 Å². The average molecular weight is 470 g/mol. The Morgan fingerprint density at radius 3 is 2.79 bits per heavy atom. The van der Waals surface area contributed by atoms with E-state index in [2.05, 4.69) is 22.2 Å². The summed E-state index contributed by atoms with van der Waals surface area (Å²) in [7, 11) is 3.04. The van der Waals surface area contributed by atoms with Gasteiger partial charge in [-0.25, -0.2) is 9.97 Å². The summed E-state index contributed by atoms with van der Waals surface area (Å²) in [5.74, 6) is 2.63. The molecule has 1 amide bonds. The number of anilines is 1. The lowest BCUT2D eigenvalue weighted by Crippen LogP contribution is -2.38. The normalized spacial score (nSPS) is 19.3. The molecule has 0 aromatic carbocycles. The van der Waals surface area contributed by atoms with Gasteiger partial charge in [-0.15, -0.1) is 11.3 Å². The molecule has 3 unspecified atom stereocenters. The smallest absolute Gasteiger partial charge is 0.259 e. The van der Waals surface area contributed by atoms with Crippen LogP contribution in [0.5, 0.6) is 11.6 Å². The Kier molecular flexibility index (Phi) is 7.39. The average Bonchev–Trinajstić information content (AvgIpc) is 3.26. The molecule has 33 heavy (non-hydrogen) atoms. The number of nitrogens with zero attached hydrogens (tertiary/aromatic N) is 3. The molecule has 1 saturated carbocycles. The molecule has 0 radical (unpaired) electrons. The maximum Gasteiger partial charge on any atom is 0.259 e. The molecule has 4 rings (SSSR count). The number of methoxy groups -OCH3 is 2. The summed E-state index contributed by atoms with van der Waals surface area (Å²) >= 11 is 1.46. The Bertz CT molecular complexity index is 1120. The van der Waals surface area contributed by atoms with Crippen molar-refractivity contribution in [2.24, 2.45) is 17.6 Å². The topological polar surface area (TPSA) is 112 Å². The molecule has 0 bridgehead atoms. The third-order valence-electron chi connectivity index (χ3n) is 6.54. The fourth-order valence-electron chi connectivity index (χ4n) is 4.71. The number of thiophene rings is 1. The van der Waals surface area contributed by atoms with E-state index in [-0.39, 0.29) is 11.9 Å². The van der Waals surface area contributed by atoms with E-state index in [4.69, 9.17) is 20.2 Å². The number of ether oxygens (including phenoxy) is 2. The van der Waals surface area contributed by atoms with Crippen molar-refractivity contribution in [3.8, 4) is 11.6 Å². The summed E-state index contributed by atoms with van der Waals surface area (Å²) in [5.41, 5.74) is 7.63. The second kappa shape index (κ2) is 10.4. The first-order valence-electron chi connectivity index (χ1n) is 11.4. The Balaban J connectivity index is 1.54. The van der Waals surface area contributed by atoms with E-state index in [0.717, 1.165) is 29.8 Å². The highest BCUT2D eigenvalue weighted by molar-refractivity contribution is 7.17. The molecule has 3 aromatic heterocycles. The molecule has 0 aliphatic heterocycles. The first kappa shape index (κ1) is 23.4. The molecule has 9 heteroatoms. The SMILES string of the molecule is CCC(Cc1ncc2scc(C(=O)Nc3ccc(OC)c(OC)n3)c2n1)C1CCCCC1N. The summed E-state index contributed by atoms with van der Waals surface area (Å²) < 4.78 is 11.3. The third-order valence-corrected chi connectivity index (χ3v) is 7.44. The first-order valence-corrected chi connectivity index (χ1v) is 12.3. The fourth-order valence-corrected chi connectivity index (χ4v) is 5.56. The van der Waals surface area contributed by atoms with Crippen molar-refractivity contribution in [1.82, 2.24) is 15.0 Å². The lowest BCUT2D eigenvalue weighted by atomic mass is 9.74. The number of rotatable bonds is 8. The Morgan fingerprint density at radius 1 is 1.24 bits per heavy atom. The summed E-state index contributed by atoms with van der Waals surface area (Å²) in [6.45, 7) is 2.21. The van der Waals surface area contributed by atoms with Crippen LogP contribution in [0, 0.1) is 11.8 Å². The molecule has 0 saturated heterocycles. The van der Waals surface area contributed by atoms with Crippen molar-refractivity contribution < 1.29 is 14.3 Å². The van der Waals surface area contributed by atoms with Gasteiger partial charge in [0.15, 0.2) is 5.75 Å². The molecular weight excluding hydrogens is 438 g/mol. The highest BCUT2D eigenvalue weighted by Crippen LogP contribution is 2.33. The first-order chi connectivity index (χ1) is 16.0. The van der Waals surface area contributed by atoms with E-state index >= 15 is 0 Å².